The number of rotatable bonds is 5. The summed E-state index contributed by atoms with van der Waals surface area (Å²) in [6.45, 7) is 3.46. The molecule has 3 heterocycles. The lowest BCUT2D eigenvalue weighted by Gasteiger charge is -2.32. The van der Waals surface area contributed by atoms with E-state index in [2.05, 4.69) is 27.4 Å². The van der Waals surface area contributed by atoms with Gasteiger partial charge in [-0.2, -0.15) is 0 Å². The van der Waals surface area contributed by atoms with Gasteiger partial charge in [-0.3, -0.25) is 0 Å². The number of carbonyl (C=O) groups excluding carboxylic acids is 1. The van der Waals surface area contributed by atoms with Crippen molar-refractivity contribution in [1.29, 1.82) is 0 Å². The quantitative estimate of drug-likeness (QED) is 0.441. The van der Waals surface area contributed by atoms with Crippen LogP contribution in [0.25, 0.3) is 27.8 Å². The van der Waals surface area contributed by atoms with E-state index in [1.807, 2.05) is 35.9 Å². The molecule has 7 nitrogen and oxygen atoms in total. The zero-order valence-electron chi connectivity index (χ0n) is 18.9. The smallest absolute Gasteiger partial charge is 0.409 e. The highest BCUT2D eigenvalue weighted by Crippen LogP contribution is 2.36. The van der Waals surface area contributed by atoms with E-state index >= 15 is 0 Å². The molecule has 1 saturated heterocycles. The average molecular weight is 460 g/mol. The molecule has 0 spiro atoms. The van der Waals surface area contributed by atoms with E-state index < -0.39 is 0 Å². The fourth-order valence-electron chi connectivity index (χ4n) is 4.42. The molecule has 5 rings (SSSR count). The minimum atomic E-state index is -0.283. The molecule has 34 heavy (non-hydrogen) atoms. The van der Waals surface area contributed by atoms with Crippen molar-refractivity contribution in [3.8, 4) is 16.8 Å². The third-order valence-electron chi connectivity index (χ3n) is 6.13. The summed E-state index contributed by atoms with van der Waals surface area (Å²) in [6.07, 6.45) is 4.91. The van der Waals surface area contributed by atoms with Gasteiger partial charge < -0.3 is 19.5 Å². The van der Waals surface area contributed by atoms with Crippen LogP contribution in [-0.2, 0) is 4.74 Å². The van der Waals surface area contributed by atoms with Gasteiger partial charge in [-0.15, -0.1) is 0 Å². The number of halogens is 1. The molecular weight excluding hydrogens is 433 g/mol. The highest BCUT2D eigenvalue weighted by molar-refractivity contribution is 6.02. The largest absolute Gasteiger partial charge is 0.450 e. The molecule has 174 valence electrons. The Bertz CT molecular complexity index is 1280. The van der Waals surface area contributed by atoms with Gasteiger partial charge in [-0.25, -0.2) is 19.2 Å². The SMILES string of the molecule is CCOC(=O)N1CCC(Nc2ncnc3c2c(-c2ccccc2)cn3-c2ccc(F)cc2)CC1. The molecule has 8 heteroatoms. The molecule has 1 amide bonds. The molecule has 2 aromatic carbocycles. The Hall–Kier alpha value is -3.94. The van der Waals surface area contributed by atoms with Gasteiger partial charge in [0.2, 0.25) is 0 Å². The number of piperidine rings is 1. The Balaban J connectivity index is 1.51. The molecule has 1 N–H and O–H groups in total. The van der Waals surface area contributed by atoms with Gasteiger partial charge in [0.25, 0.3) is 0 Å². The predicted octanol–water partition coefficient (Wildman–Crippen LogP) is 5.26. The van der Waals surface area contributed by atoms with Gasteiger partial charge in [-0.1, -0.05) is 30.3 Å². The molecule has 0 atom stereocenters. The molecule has 1 aliphatic heterocycles. The van der Waals surface area contributed by atoms with Crippen LogP contribution in [0.4, 0.5) is 15.0 Å². The van der Waals surface area contributed by atoms with Crippen LogP contribution in [0.15, 0.2) is 67.1 Å². The molecule has 1 fully saturated rings. The first-order valence-corrected chi connectivity index (χ1v) is 11.5. The topological polar surface area (TPSA) is 72.3 Å². The number of nitrogens with one attached hydrogen (secondary N) is 1. The van der Waals surface area contributed by atoms with Crippen LogP contribution in [0, 0.1) is 5.82 Å². The van der Waals surface area contributed by atoms with Crippen molar-refractivity contribution < 1.29 is 13.9 Å². The fourth-order valence-corrected chi connectivity index (χ4v) is 4.42. The van der Waals surface area contributed by atoms with Crippen molar-refractivity contribution >= 4 is 22.9 Å². The van der Waals surface area contributed by atoms with Crippen LogP contribution in [-0.4, -0.2) is 51.3 Å². The summed E-state index contributed by atoms with van der Waals surface area (Å²) in [7, 11) is 0. The summed E-state index contributed by atoms with van der Waals surface area (Å²) in [5, 5.41) is 4.50. The van der Waals surface area contributed by atoms with Crippen molar-refractivity contribution in [1.82, 2.24) is 19.4 Å². The van der Waals surface area contributed by atoms with Crippen molar-refractivity contribution in [2.24, 2.45) is 0 Å². The van der Waals surface area contributed by atoms with Crippen molar-refractivity contribution in [3.05, 3.63) is 72.9 Å². The maximum Gasteiger partial charge on any atom is 0.409 e. The minimum Gasteiger partial charge on any atom is -0.450 e. The first kappa shape index (κ1) is 21.9. The second-order valence-electron chi connectivity index (χ2n) is 8.28. The molecule has 4 aromatic rings. The van der Waals surface area contributed by atoms with Gasteiger partial charge >= 0.3 is 6.09 Å². The number of hydrogen-bond donors (Lipinski definition) is 1. The fraction of sp³-hybridized carbons (Fsp3) is 0.269. The third kappa shape index (κ3) is 4.31. The number of likely N-dealkylation sites (tertiary alicyclic amines) is 1. The lowest BCUT2D eigenvalue weighted by atomic mass is 10.0. The van der Waals surface area contributed by atoms with E-state index in [9.17, 15) is 9.18 Å². The van der Waals surface area contributed by atoms with Crippen molar-refractivity contribution in [2.45, 2.75) is 25.8 Å². The lowest BCUT2D eigenvalue weighted by molar-refractivity contribution is 0.0983. The van der Waals surface area contributed by atoms with Gasteiger partial charge in [0, 0.05) is 36.6 Å². The number of ether oxygens (including phenoxy) is 1. The number of nitrogens with zero attached hydrogens (tertiary/aromatic N) is 4. The number of fused-ring (bicyclic) bond motifs is 1. The lowest BCUT2D eigenvalue weighted by Crippen LogP contribution is -2.42. The zero-order chi connectivity index (χ0) is 23.5. The summed E-state index contributed by atoms with van der Waals surface area (Å²) < 4.78 is 20.6. The van der Waals surface area contributed by atoms with E-state index in [1.54, 1.807) is 23.4 Å². The summed E-state index contributed by atoms with van der Waals surface area (Å²) in [6, 6.07) is 16.6. The van der Waals surface area contributed by atoms with E-state index in [4.69, 9.17) is 4.74 Å². The van der Waals surface area contributed by atoms with E-state index in [-0.39, 0.29) is 18.0 Å². The average Bonchev–Trinajstić information content (AvgIpc) is 3.26. The van der Waals surface area contributed by atoms with Crippen LogP contribution in [0.1, 0.15) is 19.8 Å². The van der Waals surface area contributed by atoms with Crippen LogP contribution >= 0.6 is 0 Å². The monoisotopic (exact) mass is 459 g/mol. The van der Waals surface area contributed by atoms with Gasteiger partial charge in [0.1, 0.15) is 18.0 Å². The van der Waals surface area contributed by atoms with Crippen molar-refractivity contribution in [2.75, 3.05) is 25.0 Å². The molecule has 0 radical (unpaired) electrons. The van der Waals surface area contributed by atoms with Gasteiger partial charge in [0.05, 0.1) is 12.0 Å². The van der Waals surface area contributed by atoms with E-state index in [0.717, 1.165) is 46.5 Å². The summed E-state index contributed by atoms with van der Waals surface area (Å²) in [5.74, 6) is 0.467. The Morgan fingerprint density at radius 1 is 1.09 bits per heavy atom. The number of amides is 1. The number of carbonyl (C=O) groups is 1. The highest BCUT2D eigenvalue weighted by atomic mass is 19.1. The van der Waals surface area contributed by atoms with Gasteiger partial charge in [0.15, 0.2) is 5.65 Å². The van der Waals surface area contributed by atoms with Crippen LogP contribution in [0.5, 0.6) is 0 Å². The predicted molar refractivity (Wildman–Crippen MR) is 129 cm³/mol. The zero-order valence-corrected chi connectivity index (χ0v) is 18.9. The Morgan fingerprint density at radius 3 is 2.53 bits per heavy atom. The Morgan fingerprint density at radius 2 is 1.82 bits per heavy atom. The molecular formula is C26H26FN5O2. The number of hydrogen-bond acceptors (Lipinski definition) is 5. The molecule has 0 aliphatic carbocycles. The van der Waals surface area contributed by atoms with E-state index in [0.29, 0.717) is 19.7 Å². The normalized spacial score (nSPS) is 14.4. The molecule has 0 saturated carbocycles. The maximum absolute atomic E-state index is 13.6. The number of aromatic nitrogens is 3. The standard InChI is InChI=1S/C26H26FN5O2/c1-2-34-26(33)31-14-12-20(13-15-31)30-24-23-22(18-6-4-3-5-7-18)16-32(25(23)29-17-28-24)21-10-8-19(27)9-11-21/h3-11,16-17,20H,2,12-15H2,1H3,(H,28,29,30). The third-order valence-corrected chi connectivity index (χ3v) is 6.13. The van der Waals surface area contributed by atoms with Crippen molar-refractivity contribution in [3.63, 3.8) is 0 Å². The number of anilines is 1. The van der Waals surface area contributed by atoms with E-state index in [1.165, 1.54) is 12.1 Å². The second kappa shape index (κ2) is 9.51. The highest BCUT2D eigenvalue weighted by Gasteiger charge is 2.25. The number of benzene rings is 2. The summed E-state index contributed by atoms with van der Waals surface area (Å²) in [4.78, 5) is 23.0. The maximum atomic E-state index is 13.6. The van der Waals surface area contributed by atoms with Crippen LogP contribution < -0.4 is 5.32 Å². The van der Waals surface area contributed by atoms with Crippen LogP contribution in [0.2, 0.25) is 0 Å². The molecule has 0 unspecified atom stereocenters. The Labute approximate surface area is 197 Å². The first-order chi connectivity index (χ1) is 16.6. The molecule has 2 aromatic heterocycles. The minimum absolute atomic E-state index is 0.168. The molecule has 1 aliphatic rings. The summed E-state index contributed by atoms with van der Waals surface area (Å²) >= 11 is 0. The Kier molecular flexibility index (Phi) is 6.12. The van der Waals surface area contributed by atoms with Crippen LogP contribution in [0.3, 0.4) is 0 Å². The second-order valence-corrected chi connectivity index (χ2v) is 8.28. The van der Waals surface area contributed by atoms with Gasteiger partial charge in [-0.05, 0) is 49.6 Å². The molecule has 0 bridgehead atoms. The first-order valence-electron chi connectivity index (χ1n) is 11.5. The summed E-state index contributed by atoms with van der Waals surface area (Å²) in [5.41, 5.74) is 3.60.